The fourth-order valence-electron chi connectivity index (χ4n) is 2.01. The maximum atomic E-state index is 11.9. The second kappa shape index (κ2) is 7.81. The van der Waals surface area contributed by atoms with Gasteiger partial charge in [-0.3, -0.25) is 0 Å². The van der Waals surface area contributed by atoms with Crippen molar-refractivity contribution in [3.8, 4) is 5.75 Å². The highest BCUT2D eigenvalue weighted by Gasteiger charge is 2.06. The SMILES string of the molecule is CCCCOc1ccc2cc(CNCCN)c(=O)oc2c1. The molecule has 0 fully saturated rings. The largest absolute Gasteiger partial charge is 0.493 e. The molecule has 0 spiro atoms. The Morgan fingerprint density at radius 1 is 1.33 bits per heavy atom. The van der Waals surface area contributed by atoms with Crippen LogP contribution in [-0.2, 0) is 6.54 Å². The van der Waals surface area contributed by atoms with E-state index in [2.05, 4.69) is 12.2 Å². The van der Waals surface area contributed by atoms with Gasteiger partial charge in [-0.05, 0) is 24.6 Å². The van der Waals surface area contributed by atoms with Gasteiger partial charge in [0.25, 0.3) is 0 Å². The zero-order valence-electron chi connectivity index (χ0n) is 12.4. The lowest BCUT2D eigenvalue weighted by Gasteiger charge is -2.07. The Morgan fingerprint density at radius 3 is 2.95 bits per heavy atom. The van der Waals surface area contributed by atoms with Crippen LogP contribution in [0.25, 0.3) is 11.0 Å². The first kappa shape index (κ1) is 15.5. The monoisotopic (exact) mass is 290 g/mol. The van der Waals surface area contributed by atoms with Crippen molar-refractivity contribution in [2.75, 3.05) is 19.7 Å². The third-order valence-electron chi connectivity index (χ3n) is 3.18. The molecule has 21 heavy (non-hydrogen) atoms. The summed E-state index contributed by atoms with van der Waals surface area (Å²) in [5.41, 5.74) is 6.25. The molecule has 0 atom stereocenters. The van der Waals surface area contributed by atoms with Crippen LogP contribution in [-0.4, -0.2) is 19.7 Å². The van der Waals surface area contributed by atoms with E-state index < -0.39 is 0 Å². The number of hydrogen-bond acceptors (Lipinski definition) is 5. The van der Waals surface area contributed by atoms with Gasteiger partial charge in [0, 0.05) is 31.1 Å². The van der Waals surface area contributed by atoms with E-state index in [1.807, 2.05) is 18.2 Å². The van der Waals surface area contributed by atoms with Gasteiger partial charge < -0.3 is 20.2 Å². The van der Waals surface area contributed by atoms with E-state index in [9.17, 15) is 4.79 Å². The quantitative estimate of drug-likeness (QED) is 0.574. The summed E-state index contributed by atoms with van der Waals surface area (Å²) in [4.78, 5) is 11.9. The predicted molar refractivity (Wildman–Crippen MR) is 83.6 cm³/mol. The van der Waals surface area contributed by atoms with Crippen molar-refractivity contribution in [1.82, 2.24) is 5.32 Å². The third-order valence-corrected chi connectivity index (χ3v) is 3.18. The second-order valence-corrected chi connectivity index (χ2v) is 4.93. The molecule has 2 aromatic rings. The van der Waals surface area contributed by atoms with Crippen LogP contribution in [0.5, 0.6) is 5.75 Å². The Balaban J connectivity index is 2.17. The van der Waals surface area contributed by atoms with E-state index in [4.69, 9.17) is 14.9 Å². The fraction of sp³-hybridized carbons (Fsp3) is 0.438. The molecule has 114 valence electrons. The molecular weight excluding hydrogens is 268 g/mol. The number of hydrogen-bond donors (Lipinski definition) is 2. The highest BCUT2D eigenvalue weighted by Crippen LogP contribution is 2.20. The molecule has 1 aromatic carbocycles. The molecule has 3 N–H and O–H groups in total. The molecule has 0 aliphatic carbocycles. The standard InChI is InChI=1S/C16H22N2O3/c1-2-3-8-20-14-5-4-12-9-13(11-18-7-6-17)16(19)21-15(12)10-14/h4-5,9-10,18H,2-3,6-8,11,17H2,1H3. The molecule has 0 unspecified atom stereocenters. The van der Waals surface area contributed by atoms with E-state index in [1.54, 1.807) is 6.07 Å². The average Bonchev–Trinajstić information content (AvgIpc) is 2.48. The molecule has 0 aliphatic rings. The molecule has 0 saturated carbocycles. The minimum Gasteiger partial charge on any atom is -0.493 e. The summed E-state index contributed by atoms with van der Waals surface area (Å²) >= 11 is 0. The van der Waals surface area contributed by atoms with Gasteiger partial charge in [0.15, 0.2) is 0 Å². The molecule has 2 rings (SSSR count). The van der Waals surface area contributed by atoms with Crippen LogP contribution in [0.1, 0.15) is 25.3 Å². The van der Waals surface area contributed by atoms with Crippen LogP contribution in [0.2, 0.25) is 0 Å². The average molecular weight is 290 g/mol. The second-order valence-electron chi connectivity index (χ2n) is 4.93. The van der Waals surface area contributed by atoms with Crippen LogP contribution >= 0.6 is 0 Å². The predicted octanol–water partition coefficient (Wildman–Crippen LogP) is 2.02. The lowest BCUT2D eigenvalue weighted by atomic mass is 10.2. The zero-order valence-corrected chi connectivity index (χ0v) is 12.4. The number of nitrogens with two attached hydrogens (primary N) is 1. The van der Waals surface area contributed by atoms with Gasteiger partial charge in [0.2, 0.25) is 0 Å². The van der Waals surface area contributed by atoms with Gasteiger partial charge in [0.1, 0.15) is 11.3 Å². The molecule has 0 aliphatic heterocycles. The first-order valence-electron chi connectivity index (χ1n) is 7.35. The summed E-state index contributed by atoms with van der Waals surface area (Å²) in [7, 11) is 0. The van der Waals surface area contributed by atoms with E-state index in [-0.39, 0.29) is 5.63 Å². The number of unbranched alkanes of at least 4 members (excludes halogenated alkanes) is 1. The van der Waals surface area contributed by atoms with Crippen molar-refractivity contribution in [2.45, 2.75) is 26.3 Å². The van der Waals surface area contributed by atoms with Crippen LogP contribution in [0, 0.1) is 0 Å². The minimum atomic E-state index is -0.322. The Morgan fingerprint density at radius 2 is 2.19 bits per heavy atom. The Kier molecular flexibility index (Phi) is 5.78. The topological polar surface area (TPSA) is 77.5 Å². The summed E-state index contributed by atoms with van der Waals surface area (Å²) in [5, 5.41) is 3.98. The van der Waals surface area contributed by atoms with Crippen LogP contribution < -0.4 is 21.4 Å². The highest BCUT2D eigenvalue weighted by molar-refractivity contribution is 5.78. The fourth-order valence-corrected chi connectivity index (χ4v) is 2.01. The number of ether oxygens (including phenoxy) is 1. The van der Waals surface area contributed by atoms with Crippen molar-refractivity contribution >= 4 is 11.0 Å². The summed E-state index contributed by atoms with van der Waals surface area (Å²) in [6, 6.07) is 7.42. The Labute approximate surface area is 124 Å². The molecule has 5 heteroatoms. The first-order chi connectivity index (χ1) is 10.2. The molecular formula is C16H22N2O3. The van der Waals surface area contributed by atoms with Gasteiger partial charge in [-0.2, -0.15) is 0 Å². The lowest BCUT2D eigenvalue weighted by Crippen LogP contribution is -2.24. The van der Waals surface area contributed by atoms with Crippen molar-refractivity contribution in [3.05, 3.63) is 40.2 Å². The highest BCUT2D eigenvalue weighted by atomic mass is 16.5. The Hall–Kier alpha value is -1.85. The van der Waals surface area contributed by atoms with E-state index >= 15 is 0 Å². The van der Waals surface area contributed by atoms with Gasteiger partial charge in [-0.25, -0.2) is 4.79 Å². The van der Waals surface area contributed by atoms with Crippen molar-refractivity contribution < 1.29 is 9.15 Å². The zero-order chi connectivity index (χ0) is 15.1. The number of benzene rings is 1. The van der Waals surface area contributed by atoms with E-state index in [0.29, 0.717) is 37.4 Å². The molecule has 1 heterocycles. The Bertz CT molecular complexity index is 637. The molecule has 0 radical (unpaired) electrons. The molecule has 5 nitrogen and oxygen atoms in total. The summed E-state index contributed by atoms with van der Waals surface area (Å²) in [5.74, 6) is 0.730. The van der Waals surface area contributed by atoms with Gasteiger partial charge in [-0.15, -0.1) is 0 Å². The summed E-state index contributed by atoms with van der Waals surface area (Å²) in [6.45, 7) is 4.46. The van der Waals surface area contributed by atoms with Crippen LogP contribution in [0.15, 0.2) is 33.5 Å². The third kappa shape index (κ3) is 4.31. The normalized spacial score (nSPS) is 11.0. The van der Waals surface area contributed by atoms with E-state index in [0.717, 1.165) is 24.0 Å². The molecule has 0 bridgehead atoms. The number of nitrogens with one attached hydrogen (secondary N) is 1. The van der Waals surface area contributed by atoms with Gasteiger partial charge in [0.05, 0.1) is 12.2 Å². The lowest BCUT2D eigenvalue weighted by molar-refractivity contribution is 0.309. The van der Waals surface area contributed by atoms with Crippen LogP contribution in [0.4, 0.5) is 0 Å². The smallest absolute Gasteiger partial charge is 0.340 e. The molecule has 0 amide bonds. The van der Waals surface area contributed by atoms with Crippen molar-refractivity contribution in [3.63, 3.8) is 0 Å². The van der Waals surface area contributed by atoms with Crippen molar-refractivity contribution in [2.24, 2.45) is 5.73 Å². The summed E-state index contributed by atoms with van der Waals surface area (Å²) < 4.78 is 11.0. The molecule has 0 saturated heterocycles. The van der Waals surface area contributed by atoms with Crippen LogP contribution in [0.3, 0.4) is 0 Å². The number of rotatable bonds is 8. The van der Waals surface area contributed by atoms with E-state index in [1.165, 1.54) is 0 Å². The maximum absolute atomic E-state index is 11.9. The molecule has 1 aromatic heterocycles. The van der Waals surface area contributed by atoms with Gasteiger partial charge >= 0.3 is 5.63 Å². The summed E-state index contributed by atoms with van der Waals surface area (Å²) in [6.07, 6.45) is 2.09. The minimum absolute atomic E-state index is 0.322. The van der Waals surface area contributed by atoms with Crippen molar-refractivity contribution in [1.29, 1.82) is 0 Å². The maximum Gasteiger partial charge on any atom is 0.340 e. The van der Waals surface area contributed by atoms with Gasteiger partial charge in [-0.1, -0.05) is 13.3 Å². The number of fused-ring (bicyclic) bond motifs is 1. The first-order valence-corrected chi connectivity index (χ1v) is 7.35.